The smallest absolute Gasteiger partial charge is 0.240 e. The molecule has 0 aliphatic carbocycles. The summed E-state index contributed by atoms with van der Waals surface area (Å²) < 4.78 is 32.3. The van der Waals surface area contributed by atoms with E-state index >= 15 is 0 Å². The van der Waals surface area contributed by atoms with Crippen molar-refractivity contribution in [2.45, 2.75) is 17.7 Å². The van der Waals surface area contributed by atoms with Gasteiger partial charge in [0.05, 0.1) is 9.92 Å². The highest BCUT2D eigenvalue weighted by Crippen LogP contribution is 2.21. The van der Waals surface area contributed by atoms with Gasteiger partial charge in [-0.3, -0.25) is 0 Å². The molecule has 1 aromatic carbocycles. The van der Waals surface area contributed by atoms with E-state index in [4.69, 9.17) is 34.3 Å². The Kier molecular flexibility index (Phi) is 5.56. The Morgan fingerprint density at radius 3 is 2.67 bits per heavy atom. The Labute approximate surface area is 134 Å². The number of sulfonamides is 1. The molecule has 0 unspecified atom stereocenters. The molecule has 0 saturated carbocycles. The maximum atomic E-state index is 12.2. The van der Waals surface area contributed by atoms with E-state index in [0.29, 0.717) is 31.2 Å². The van der Waals surface area contributed by atoms with E-state index < -0.39 is 10.0 Å². The molecule has 0 atom stereocenters. The van der Waals surface area contributed by atoms with Crippen LogP contribution in [0.4, 0.5) is 0 Å². The van der Waals surface area contributed by atoms with Crippen molar-refractivity contribution in [2.24, 2.45) is 11.7 Å². The third-order valence-corrected chi connectivity index (χ3v) is 5.37. The summed E-state index contributed by atoms with van der Waals surface area (Å²) in [5.74, 6) is 0.305. The summed E-state index contributed by atoms with van der Waals surface area (Å²) in [5.41, 5.74) is 5.97. The molecule has 8 heteroatoms. The lowest BCUT2D eigenvalue weighted by molar-refractivity contribution is 0.0678. The minimum atomic E-state index is -3.58. The second-order valence-electron chi connectivity index (χ2n) is 4.91. The van der Waals surface area contributed by atoms with Gasteiger partial charge in [-0.05, 0) is 37.0 Å². The third-order valence-electron chi connectivity index (χ3n) is 3.42. The number of ether oxygens (including phenoxy) is 1. The summed E-state index contributed by atoms with van der Waals surface area (Å²) in [5, 5.41) is 0.233. The zero-order valence-corrected chi connectivity index (χ0v) is 13.7. The number of benzene rings is 1. The fraction of sp³-hybridized carbons (Fsp3) is 0.462. The molecule has 2 rings (SSSR count). The molecule has 1 aliphatic rings. The van der Waals surface area contributed by atoms with Gasteiger partial charge in [-0.1, -0.05) is 23.8 Å². The first-order chi connectivity index (χ1) is 9.90. The molecule has 0 radical (unpaired) electrons. The Bertz CT molecular complexity index is 628. The van der Waals surface area contributed by atoms with Crippen molar-refractivity contribution >= 4 is 38.8 Å². The van der Waals surface area contributed by atoms with Crippen LogP contribution in [0.3, 0.4) is 0 Å². The highest BCUT2D eigenvalue weighted by atomic mass is 35.5. The first-order valence-corrected chi connectivity index (χ1v) is 8.84. The number of nitrogens with one attached hydrogen (secondary N) is 1. The summed E-state index contributed by atoms with van der Waals surface area (Å²) in [6.07, 6.45) is 1.73. The number of thiocarbonyl (C=S) groups is 1. The van der Waals surface area contributed by atoms with E-state index in [1.807, 2.05) is 0 Å². The topological polar surface area (TPSA) is 81.4 Å². The van der Waals surface area contributed by atoms with Crippen LogP contribution in [0.25, 0.3) is 0 Å². The Hall–Kier alpha value is -0.730. The highest BCUT2D eigenvalue weighted by molar-refractivity contribution is 7.89. The van der Waals surface area contributed by atoms with Crippen molar-refractivity contribution in [3.05, 3.63) is 28.8 Å². The van der Waals surface area contributed by atoms with Crippen molar-refractivity contribution in [1.82, 2.24) is 4.72 Å². The monoisotopic (exact) mass is 348 g/mol. The molecule has 1 aromatic rings. The highest BCUT2D eigenvalue weighted by Gasteiger charge is 2.20. The van der Waals surface area contributed by atoms with Crippen LogP contribution in [0.2, 0.25) is 5.02 Å². The van der Waals surface area contributed by atoms with Gasteiger partial charge in [0.15, 0.2) is 0 Å². The van der Waals surface area contributed by atoms with E-state index in [-0.39, 0.29) is 14.9 Å². The van der Waals surface area contributed by atoms with Crippen molar-refractivity contribution < 1.29 is 13.2 Å². The molecule has 1 fully saturated rings. The number of halogens is 1. The average Bonchev–Trinajstić information content (AvgIpc) is 2.46. The van der Waals surface area contributed by atoms with E-state index in [0.717, 1.165) is 12.8 Å². The summed E-state index contributed by atoms with van der Waals surface area (Å²) in [6, 6.07) is 4.34. The number of hydrogen-bond acceptors (Lipinski definition) is 4. The first-order valence-electron chi connectivity index (χ1n) is 6.57. The van der Waals surface area contributed by atoms with Crippen LogP contribution in [-0.4, -0.2) is 33.2 Å². The average molecular weight is 349 g/mol. The molecule has 0 bridgehead atoms. The zero-order valence-electron chi connectivity index (χ0n) is 11.3. The zero-order chi connectivity index (χ0) is 15.5. The van der Waals surface area contributed by atoms with Crippen LogP contribution in [-0.2, 0) is 14.8 Å². The lowest BCUT2D eigenvalue weighted by Crippen LogP contribution is -2.32. The largest absolute Gasteiger partial charge is 0.389 e. The van der Waals surface area contributed by atoms with Crippen LogP contribution >= 0.6 is 23.8 Å². The Balaban J connectivity index is 2.08. The third kappa shape index (κ3) is 4.37. The molecule has 1 heterocycles. The minimum Gasteiger partial charge on any atom is -0.389 e. The van der Waals surface area contributed by atoms with E-state index in [9.17, 15) is 8.42 Å². The molecular weight excluding hydrogens is 332 g/mol. The SMILES string of the molecule is NC(=S)c1ccc(S(=O)(=O)NCC2CCOCC2)cc1Cl. The number of rotatable bonds is 5. The standard InChI is InChI=1S/C13H17ClN2O3S2/c14-12-7-10(1-2-11(12)13(15)20)21(17,18)16-8-9-3-5-19-6-4-9/h1-2,7,9,16H,3-6,8H2,(H2,15,20). The predicted molar refractivity (Wildman–Crippen MR) is 86.1 cm³/mol. The molecule has 0 spiro atoms. The Morgan fingerprint density at radius 2 is 2.10 bits per heavy atom. The summed E-state index contributed by atoms with van der Waals surface area (Å²) in [7, 11) is -3.58. The van der Waals surface area contributed by atoms with Gasteiger partial charge in [-0.25, -0.2) is 13.1 Å². The van der Waals surface area contributed by atoms with Gasteiger partial charge in [0.2, 0.25) is 10.0 Å². The molecule has 1 aliphatic heterocycles. The normalized spacial score (nSPS) is 16.8. The van der Waals surface area contributed by atoms with Crippen LogP contribution < -0.4 is 10.5 Å². The van der Waals surface area contributed by atoms with E-state index in [1.54, 1.807) is 0 Å². The molecule has 21 heavy (non-hydrogen) atoms. The molecule has 0 amide bonds. The quantitative estimate of drug-likeness (QED) is 0.791. The first kappa shape index (κ1) is 16.6. The number of hydrogen-bond donors (Lipinski definition) is 2. The van der Waals surface area contributed by atoms with Crippen LogP contribution in [0.15, 0.2) is 23.1 Å². The van der Waals surface area contributed by atoms with Gasteiger partial charge < -0.3 is 10.5 Å². The van der Waals surface area contributed by atoms with Crippen molar-refractivity contribution in [3.8, 4) is 0 Å². The van der Waals surface area contributed by atoms with E-state index in [2.05, 4.69) is 4.72 Å². The van der Waals surface area contributed by atoms with Gasteiger partial charge in [-0.15, -0.1) is 0 Å². The fourth-order valence-corrected chi connectivity index (χ4v) is 3.85. The van der Waals surface area contributed by atoms with Crippen LogP contribution in [0.1, 0.15) is 18.4 Å². The van der Waals surface area contributed by atoms with Gasteiger partial charge >= 0.3 is 0 Å². The second kappa shape index (κ2) is 7.02. The summed E-state index contributed by atoms with van der Waals surface area (Å²) in [4.78, 5) is 0.249. The minimum absolute atomic E-state index is 0.111. The molecule has 3 N–H and O–H groups in total. The molecule has 1 saturated heterocycles. The maximum Gasteiger partial charge on any atom is 0.240 e. The molecule has 116 valence electrons. The van der Waals surface area contributed by atoms with Crippen LogP contribution in [0.5, 0.6) is 0 Å². The van der Waals surface area contributed by atoms with E-state index in [1.165, 1.54) is 18.2 Å². The van der Waals surface area contributed by atoms with Crippen LogP contribution in [0, 0.1) is 5.92 Å². The fourth-order valence-electron chi connectivity index (χ4n) is 2.12. The number of nitrogens with two attached hydrogens (primary N) is 1. The lowest BCUT2D eigenvalue weighted by Gasteiger charge is -2.22. The van der Waals surface area contributed by atoms with Crippen molar-refractivity contribution in [2.75, 3.05) is 19.8 Å². The molecule has 5 nitrogen and oxygen atoms in total. The van der Waals surface area contributed by atoms with Crippen molar-refractivity contribution in [1.29, 1.82) is 0 Å². The maximum absolute atomic E-state index is 12.2. The van der Waals surface area contributed by atoms with Gasteiger partial charge in [0.25, 0.3) is 0 Å². The Morgan fingerprint density at radius 1 is 1.43 bits per heavy atom. The van der Waals surface area contributed by atoms with Gasteiger partial charge in [-0.2, -0.15) is 0 Å². The summed E-state index contributed by atoms with van der Waals surface area (Å²) >= 11 is 10.8. The van der Waals surface area contributed by atoms with Crippen molar-refractivity contribution in [3.63, 3.8) is 0 Å². The molecular formula is C13H17ClN2O3S2. The van der Waals surface area contributed by atoms with Gasteiger partial charge in [0, 0.05) is 25.3 Å². The summed E-state index contributed by atoms with van der Waals surface area (Å²) in [6.45, 7) is 1.77. The predicted octanol–water partition coefficient (Wildman–Crippen LogP) is 1.68. The van der Waals surface area contributed by atoms with Gasteiger partial charge in [0.1, 0.15) is 4.99 Å². The molecule has 0 aromatic heterocycles. The second-order valence-corrected chi connectivity index (χ2v) is 7.53. The lowest BCUT2D eigenvalue weighted by atomic mass is 10.0.